The van der Waals surface area contributed by atoms with Gasteiger partial charge in [0.15, 0.2) is 17.7 Å². The lowest BCUT2D eigenvalue weighted by Gasteiger charge is -2.30. The maximum Gasteiger partial charge on any atom is 0.481 e. The van der Waals surface area contributed by atoms with Crippen molar-refractivity contribution in [2.24, 2.45) is 5.41 Å². The summed E-state index contributed by atoms with van der Waals surface area (Å²) >= 11 is 0.376. The number of nitrogens with two attached hydrogens (primary N) is 1. The van der Waals surface area contributed by atoms with E-state index < -0.39 is 101 Å². The van der Waals surface area contributed by atoms with E-state index in [-0.39, 0.29) is 42.2 Å². The lowest BCUT2D eigenvalue weighted by atomic mass is 9.87. The van der Waals surface area contributed by atoms with E-state index in [2.05, 4.69) is 34.4 Å². The molecule has 1 aliphatic rings. The number of amides is 2. The number of hydrogen-bond donors (Lipinski definition) is 10. The number of imidazole rings is 1. The van der Waals surface area contributed by atoms with Gasteiger partial charge in [0.2, 0.25) is 11.8 Å². The molecule has 7 atom stereocenters. The first-order chi connectivity index (χ1) is 25.3. The summed E-state index contributed by atoms with van der Waals surface area (Å²) in [6.45, 7) is -0.169. The number of aliphatic hydroxyl groups excluding tert-OH is 2. The van der Waals surface area contributed by atoms with E-state index >= 15 is 0 Å². The van der Waals surface area contributed by atoms with E-state index in [9.17, 15) is 67.5 Å². The van der Waals surface area contributed by atoms with Crippen LogP contribution in [0.1, 0.15) is 26.5 Å². The van der Waals surface area contributed by atoms with E-state index in [1.165, 1.54) is 13.8 Å². The first-order valence-electron chi connectivity index (χ1n) is 15.2. The number of ether oxygens (including phenoxy) is 1. The lowest BCUT2D eigenvalue weighted by Crippen LogP contribution is -2.46. The molecule has 2 amide bonds. The van der Waals surface area contributed by atoms with Gasteiger partial charge in [-0.2, -0.15) is 4.31 Å². The van der Waals surface area contributed by atoms with E-state index in [0.717, 1.165) is 17.2 Å². The van der Waals surface area contributed by atoms with Gasteiger partial charge in [0, 0.05) is 30.7 Å². The zero-order valence-electron chi connectivity index (χ0n) is 28.3. The topological polar surface area (TPSA) is 418 Å². The van der Waals surface area contributed by atoms with Crippen LogP contribution in [0.2, 0.25) is 0 Å². The molecule has 7 unspecified atom stereocenters. The number of rotatable bonds is 21. The van der Waals surface area contributed by atoms with Gasteiger partial charge in [-0.25, -0.2) is 33.4 Å². The Bertz CT molecular complexity index is 1910. The number of carbonyl (C=O) groups is 5. The Kier molecular flexibility index (Phi) is 15.7. The second-order valence-corrected chi connectivity index (χ2v) is 17.1. The van der Waals surface area contributed by atoms with Crippen LogP contribution in [0.4, 0.5) is 5.82 Å². The summed E-state index contributed by atoms with van der Waals surface area (Å²) in [6.07, 6.45) is -7.28. The first-order valence-corrected chi connectivity index (χ1v) is 20.7. The third-order valence-electron chi connectivity index (χ3n) is 7.11. The average molecular weight is 868 g/mol. The third-order valence-corrected chi connectivity index (χ3v) is 11.1. The number of thioether (sulfide) groups is 1. The molecule has 1 saturated heterocycles. The molecule has 0 aliphatic carbocycles. The number of phosphoric acid groups is 3. The van der Waals surface area contributed by atoms with E-state index in [1.54, 1.807) is 0 Å². The molecule has 3 rings (SSSR count). The van der Waals surface area contributed by atoms with Crippen LogP contribution in [0.3, 0.4) is 0 Å². The Hall–Kier alpha value is -3.30. The van der Waals surface area contributed by atoms with Crippen LogP contribution in [0.5, 0.6) is 0 Å². The van der Waals surface area contributed by atoms with Crippen LogP contribution in [-0.2, 0) is 60.3 Å². The second-order valence-electron chi connectivity index (χ2n) is 11.8. The zero-order chi connectivity index (χ0) is 41.5. The number of nitrogens with zero attached hydrogens (tertiary/aromatic N) is 4. The van der Waals surface area contributed by atoms with Crippen molar-refractivity contribution in [2.45, 2.75) is 50.9 Å². The fraction of sp³-hybridized carbons (Fsp3) is 0.583. The second kappa shape index (κ2) is 18.8. The summed E-state index contributed by atoms with van der Waals surface area (Å²) < 4.78 is 61.8. The van der Waals surface area contributed by atoms with Crippen molar-refractivity contribution in [3.8, 4) is 0 Å². The number of aliphatic hydroxyl groups is 2. The van der Waals surface area contributed by atoms with Crippen LogP contribution >= 0.6 is 35.2 Å². The molecule has 308 valence electrons. The number of Topliss-reactive ketones (excluding diaryl/α,β-unsaturated/α-hetero) is 1. The van der Waals surface area contributed by atoms with Crippen molar-refractivity contribution in [1.29, 1.82) is 0 Å². The minimum absolute atomic E-state index is 0.0104. The molecule has 1 fully saturated rings. The molecule has 11 N–H and O–H groups in total. The van der Waals surface area contributed by atoms with Crippen molar-refractivity contribution >= 4 is 80.9 Å². The standard InChI is InChI=1S/C24H36N7O20P3S/c1-24(2,17(35)20(36)27-4-3-12(32)26-5-6-55-23(39)15(34)22(37)38)8-48-54(45,46)51-53(43,44)47-7-11-16(50-52(40,41)42)14(33)21(49-11)31-10-30-13-18(25)28-9-29-19(13)31/h9-11,14,16-17,21,33,35H,3-8H2,1-2H3,(H,26,32)(H,27,36)(H,37,38)(H,43,44)(H,45,46)(H2,25,28,29)(H2,40,41,42). The molecule has 27 nitrogen and oxygen atoms in total. The van der Waals surface area contributed by atoms with Crippen molar-refractivity contribution in [1.82, 2.24) is 30.2 Å². The number of carbonyl (C=O) groups excluding carboxylic acids is 4. The number of hydrogen-bond acceptors (Lipinski definition) is 20. The first kappa shape index (κ1) is 46.1. The highest BCUT2D eigenvalue weighted by molar-refractivity contribution is 8.15. The summed E-state index contributed by atoms with van der Waals surface area (Å²) in [5.41, 5.74) is 4.14. The van der Waals surface area contributed by atoms with Gasteiger partial charge in [0.05, 0.1) is 19.5 Å². The number of nitrogen functional groups attached to an aromatic ring is 1. The van der Waals surface area contributed by atoms with Gasteiger partial charge in [-0.1, -0.05) is 25.6 Å². The minimum Gasteiger partial charge on any atom is -0.475 e. The Morgan fingerprint density at radius 3 is 2.33 bits per heavy atom. The van der Waals surface area contributed by atoms with Crippen molar-refractivity contribution in [3.05, 3.63) is 12.7 Å². The van der Waals surface area contributed by atoms with E-state index in [4.69, 9.17) is 24.6 Å². The van der Waals surface area contributed by atoms with E-state index in [0.29, 0.717) is 11.8 Å². The Balaban J connectivity index is 1.50. The molecule has 1 aliphatic heterocycles. The summed E-state index contributed by atoms with van der Waals surface area (Å²) in [4.78, 5) is 108. The third kappa shape index (κ3) is 13.4. The summed E-state index contributed by atoms with van der Waals surface area (Å²) in [5.74, 6) is -5.41. The molecule has 0 radical (unpaired) electrons. The molecule has 2 aromatic rings. The van der Waals surface area contributed by atoms with Crippen molar-refractivity contribution in [2.75, 3.05) is 37.8 Å². The summed E-state index contributed by atoms with van der Waals surface area (Å²) in [7, 11) is -16.5. The number of ketones is 1. The maximum absolute atomic E-state index is 12.6. The predicted octanol–water partition coefficient (Wildman–Crippen LogP) is -2.68. The smallest absolute Gasteiger partial charge is 0.475 e. The van der Waals surface area contributed by atoms with Gasteiger partial charge >= 0.3 is 35.2 Å². The number of aliphatic carboxylic acids is 1. The Morgan fingerprint density at radius 1 is 1.04 bits per heavy atom. The molecule has 3 heterocycles. The lowest BCUT2D eigenvalue weighted by molar-refractivity contribution is -0.151. The monoisotopic (exact) mass is 867 g/mol. The highest BCUT2D eigenvalue weighted by Gasteiger charge is 2.50. The normalized spacial score (nSPS) is 21.7. The number of phosphoric ester groups is 3. The van der Waals surface area contributed by atoms with Crippen LogP contribution in [-0.4, -0.2) is 140 Å². The average Bonchev–Trinajstić information content (AvgIpc) is 3.64. The van der Waals surface area contributed by atoms with Crippen LogP contribution in [0.15, 0.2) is 12.7 Å². The number of fused-ring (bicyclic) bond motifs is 1. The fourth-order valence-electron chi connectivity index (χ4n) is 4.43. The SMILES string of the molecule is CC(C)(COP(=O)(O)OP(=O)(O)OCC1OC(n2cnc3c(N)ncnc32)C(O)C1OP(=O)(O)O)C(O)C(=O)NCCC(=O)NCCSC(=O)C(=O)C(=O)O. The van der Waals surface area contributed by atoms with Gasteiger partial charge in [-0.05, 0) is 0 Å². The molecule has 0 saturated carbocycles. The molecule has 55 heavy (non-hydrogen) atoms. The zero-order valence-corrected chi connectivity index (χ0v) is 31.8. The van der Waals surface area contributed by atoms with Gasteiger partial charge < -0.3 is 56.0 Å². The predicted molar refractivity (Wildman–Crippen MR) is 180 cm³/mol. The number of nitrogens with one attached hydrogen (secondary N) is 2. The van der Waals surface area contributed by atoms with Gasteiger partial charge in [0.25, 0.3) is 5.12 Å². The van der Waals surface area contributed by atoms with Crippen LogP contribution < -0.4 is 16.4 Å². The largest absolute Gasteiger partial charge is 0.481 e. The molecule has 0 spiro atoms. The highest BCUT2D eigenvalue weighted by atomic mass is 32.2. The summed E-state index contributed by atoms with van der Waals surface area (Å²) in [5, 5.41) is 33.2. The van der Waals surface area contributed by atoms with E-state index in [1.807, 2.05) is 0 Å². The van der Waals surface area contributed by atoms with Crippen LogP contribution in [0.25, 0.3) is 11.2 Å². The number of anilines is 1. The number of carboxylic acids is 1. The van der Waals surface area contributed by atoms with Gasteiger partial charge in [-0.3, -0.25) is 37.3 Å². The van der Waals surface area contributed by atoms with Gasteiger partial charge in [-0.15, -0.1) is 0 Å². The minimum atomic E-state index is -5.60. The Morgan fingerprint density at radius 2 is 1.69 bits per heavy atom. The van der Waals surface area contributed by atoms with Crippen molar-refractivity contribution < 1.29 is 95.2 Å². The highest BCUT2D eigenvalue weighted by Crippen LogP contribution is 2.61. The van der Waals surface area contributed by atoms with Crippen LogP contribution in [0, 0.1) is 5.41 Å². The molecule has 0 aromatic carbocycles. The molecule has 0 bridgehead atoms. The Labute approximate surface area is 312 Å². The maximum atomic E-state index is 12.6. The molecule has 2 aromatic heterocycles. The molecular formula is C24H36N7O20P3S. The molecule has 31 heteroatoms. The summed E-state index contributed by atoms with van der Waals surface area (Å²) in [6, 6.07) is 0. The number of aromatic nitrogens is 4. The fourth-order valence-corrected chi connectivity index (χ4v) is 7.86. The molecular weight excluding hydrogens is 831 g/mol. The van der Waals surface area contributed by atoms with Crippen molar-refractivity contribution in [3.63, 3.8) is 0 Å². The van der Waals surface area contributed by atoms with Gasteiger partial charge in [0.1, 0.15) is 36.3 Å². The quantitative estimate of drug-likeness (QED) is 0.0264. The number of carboxylic acid groups (broad SMARTS) is 1.